The number of nitrogens with zero attached hydrogens (tertiary/aromatic N) is 2. The Hall–Kier alpha value is -9.22. The number of hydrogen-bond acceptors (Lipinski definition) is 24. The molecule has 2 heterocycles. The number of carbonyl (C=O) groups excluding carboxylic acids is 13. The number of benzene rings is 4. The molecular weight excluding hydrogens is 1680 g/mol. The molecule has 15 unspecified atom stereocenters. The molecule has 0 aromatic heterocycles. The van der Waals surface area contributed by atoms with Gasteiger partial charge in [0.15, 0.2) is 17.3 Å². The molecule has 27 nitrogen and oxygen atoms in total. The Labute approximate surface area is 787 Å². The number of alkyl carbamates (subject to hydrolysis) is 1. The van der Waals surface area contributed by atoms with E-state index < -0.39 is 129 Å². The second-order valence-corrected chi connectivity index (χ2v) is 42.6. The van der Waals surface area contributed by atoms with Crippen LogP contribution in [0.1, 0.15) is 292 Å². The standard InChI is InChI=1S/C23H34N2O5.C22H29NO4.C17H24O4.C13H24N2O3.C12H16O2.C9H19NO.C9H18O2/c1-5-10-18(26)19(24-22(29)30-15-16-11-7-6-8-12-16)21(28)25-14-9-13-17(25)20(27)23(2,3)4;1-13(24)17(18(23)19(25)14-9-6-5-7-10-14)20(26)15-11-8-12-16(15)21(27)22(2,3)4;1-12(18)14(16(20)17(2,3)4)10-15(19)21-11-13-8-6-5-7-9-13;1-8(16)10(14)12(18)15-7-5-6-9(15)11(17)13(2,3)4;1-12(2,3)11(13)14-9-10-7-5-4-6-8-10;1-6(2)7(10)8(11)9(3,4)5;1-6(7(2)10)8(11)9(3,4)5/h6-8,11-12,17-19,26H,5,9-10,13-15H2,1-4H3,(H,24,29);5-7,9-10,13,15-17,23-24H,8,11-12H2,1-4H3;5-9,12,14,18H,10-11H2,1-4H3;8-10,16H,5-7,14H2,1-4H3;4-8H,9H2,1-3H3;6-7H,10H2,1-5H3;6-7,10H,1-5H3. The minimum atomic E-state index is -1.21. The number of hydrogen-bond donors (Lipinski definition) is 9. The van der Waals surface area contributed by atoms with Crippen molar-refractivity contribution in [1.29, 1.82) is 5.41 Å². The van der Waals surface area contributed by atoms with Gasteiger partial charge in [0.2, 0.25) is 17.6 Å². The fraction of sp³-hybridized carbons (Fsp3) is 0.638. The van der Waals surface area contributed by atoms with Crippen molar-refractivity contribution in [3.05, 3.63) is 144 Å². The molecular formula is C105H164N6O21. The van der Waals surface area contributed by atoms with Crippen LogP contribution in [0.2, 0.25) is 0 Å². The zero-order valence-electron chi connectivity index (χ0n) is 84.7. The van der Waals surface area contributed by atoms with Crippen molar-refractivity contribution in [3.8, 4) is 0 Å². The summed E-state index contributed by atoms with van der Waals surface area (Å²) < 4.78 is 15.6. The summed E-state index contributed by atoms with van der Waals surface area (Å²) in [5.41, 5.74) is 10.7. The lowest BCUT2D eigenvalue weighted by Gasteiger charge is -2.33. The highest BCUT2D eigenvalue weighted by Crippen LogP contribution is 2.40. The molecule has 740 valence electrons. The predicted molar refractivity (Wildman–Crippen MR) is 515 cm³/mol. The van der Waals surface area contributed by atoms with Gasteiger partial charge in [-0.2, -0.15) is 0 Å². The summed E-state index contributed by atoms with van der Waals surface area (Å²) in [4.78, 5) is 163. The number of ether oxygens (including phenoxy) is 3. The maximum atomic E-state index is 13.3. The third kappa shape index (κ3) is 41.3. The highest BCUT2D eigenvalue weighted by Gasteiger charge is 2.48. The number of ketones is 8. The van der Waals surface area contributed by atoms with E-state index in [0.717, 1.165) is 29.5 Å². The summed E-state index contributed by atoms with van der Waals surface area (Å²) in [6.07, 6.45) is 0.356. The van der Waals surface area contributed by atoms with Crippen LogP contribution >= 0.6 is 0 Å². The molecule has 11 N–H and O–H groups in total. The number of rotatable bonds is 30. The topological polar surface area (TPSA) is 445 Å². The van der Waals surface area contributed by atoms with Crippen molar-refractivity contribution in [1.82, 2.24) is 15.1 Å². The molecule has 27 heteroatoms. The lowest BCUT2D eigenvalue weighted by atomic mass is 9.73. The lowest BCUT2D eigenvalue weighted by molar-refractivity contribution is -0.154. The molecule has 132 heavy (non-hydrogen) atoms. The van der Waals surface area contributed by atoms with Gasteiger partial charge in [-0.15, -0.1) is 0 Å². The smallest absolute Gasteiger partial charge is 0.408 e. The van der Waals surface area contributed by atoms with Crippen molar-refractivity contribution < 1.29 is 102 Å². The van der Waals surface area contributed by atoms with Crippen LogP contribution in [0, 0.1) is 78.8 Å². The van der Waals surface area contributed by atoms with E-state index >= 15 is 0 Å². The largest absolute Gasteiger partial charge is 0.461 e. The number of aliphatic hydroxyl groups excluding tert-OH is 5. The molecule has 4 aromatic carbocycles. The summed E-state index contributed by atoms with van der Waals surface area (Å²) in [7, 11) is 0. The normalized spacial score (nSPS) is 18.2. The van der Waals surface area contributed by atoms with E-state index in [-0.39, 0.29) is 107 Å². The summed E-state index contributed by atoms with van der Waals surface area (Å²) in [5.74, 6) is -5.01. The van der Waals surface area contributed by atoms with Crippen LogP contribution in [0.5, 0.6) is 0 Å². The Morgan fingerprint density at radius 2 is 0.818 bits per heavy atom. The molecule has 7 rings (SSSR count). The first-order chi connectivity index (χ1) is 60.6. The zero-order valence-corrected chi connectivity index (χ0v) is 84.7. The summed E-state index contributed by atoms with van der Waals surface area (Å²) in [6, 6.07) is 33.2. The van der Waals surface area contributed by atoms with Gasteiger partial charge < -0.3 is 71.7 Å². The second kappa shape index (κ2) is 55.0. The van der Waals surface area contributed by atoms with E-state index in [1.165, 1.54) is 30.6 Å². The number of likely N-dealkylation sites (tertiary alicyclic amines) is 2. The van der Waals surface area contributed by atoms with Gasteiger partial charge in [0, 0.05) is 68.9 Å². The van der Waals surface area contributed by atoms with Crippen LogP contribution in [0.25, 0.3) is 0 Å². The van der Waals surface area contributed by atoms with Crippen molar-refractivity contribution in [3.63, 3.8) is 0 Å². The highest BCUT2D eigenvalue weighted by atomic mass is 16.6. The lowest BCUT2D eigenvalue weighted by Crippen LogP contribution is -2.57. The number of nitrogens with two attached hydrogens (primary N) is 2. The van der Waals surface area contributed by atoms with E-state index in [2.05, 4.69) is 5.32 Å². The van der Waals surface area contributed by atoms with Gasteiger partial charge >= 0.3 is 18.0 Å². The average Bonchev–Trinajstić information content (AvgIpc) is 1.69. The van der Waals surface area contributed by atoms with Gasteiger partial charge in [0.25, 0.3) is 0 Å². The minimum absolute atomic E-state index is 0.0104. The number of aliphatic hydroxyl groups is 5. The molecule has 0 bridgehead atoms. The molecule has 3 fully saturated rings. The fourth-order valence-electron chi connectivity index (χ4n) is 14.4. The molecule has 4 aromatic rings. The van der Waals surface area contributed by atoms with Gasteiger partial charge in [-0.3, -0.25) is 57.5 Å². The fourth-order valence-corrected chi connectivity index (χ4v) is 14.4. The SMILES string of the molecule is CC(C)(C)C(=O)OCc1ccccc1.CC(C)C(N)C(=O)C(C)(C)C.CC(O)C(C(=N)C(=O)c1ccccc1)C(=O)C1CCCC1C(=O)C(C)(C)C.CC(O)C(C)C(=O)C(C)(C)C.CC(O)C(CC(=O)OCc1ccccc1)C(=O)C(C)(C)C.CC(O)C(N)C(=O)N1CCCC1C(=O)C(C)(C)C.CCCC(O)C(NC(=O)OCc1ccccc1)C(=O)N1CCCC1C(=O)C(C)(C)C. The van der Waals surface area contributed by atoms with E-state index in [4.69, 9.17) is 36.2 Å². The first kappa shape index (κ1) is 121. The van der Waals surface area contributed by atoms with Crippen molar-refractivity contribution in [2.24, 2.45) is 84.9 Å². The van der Waals surface area contributed by atoms with Crippen LogP contribution < -0.4 is 16.8 Å². The number of amides is 3. The first-order valence-electron chi connectivity index (χ1n) is 46.5. The van der Waals surface area contributed by atoms with E-state index in [9.17, 15) is 82.8 Å². The molecule has 3 aliphatic rings. The Balaban J connectivity index is 0.000000793. The Bertz CT molecular complexity index is 4270. The molecule has 3 amide bonds. The Kier molecular flexibility index (Phi) is 50.3. The third-order valence-electron chi connectivity index (χ3n) is 22.8. The van der Waals surface area contributed by atoms with Gasteiger partial charge in [0.05, 0.1) is 78.0 Å². The first-order valence-corrected chi connectivity index (χ1v) is 46.5. The third-order valence-corrected chi connectivity index (χ3v) is 22.8. The minimum Gasteiger partial charge on any atom is -0.461 e. The monoisotopic (exact) mass is 1850 g/mol. The number of esters is 2. The van der Waals surface area contributed by atoms with Gasteiger partial charge in [-0.05, 0) is 116 Å². The molecule has 2 aliphatic heterocycles. The van der Waals surface area contributed by atoms with Crippen molar-refractivity contribution in [2.45, 2.75) is 346 Å². The molecule has 15 atom stereocenters. The molecule has 1 saturated carbocycles. The van der Waals surface area contributed by atoms with Gasteiger partial charge in [0.1, 0.15) is 55.0 Å². The quantitative estimate of drug-likeness (QED) is 0.0101. The highest BCUT2D eigenvalue weighted by molar-refractivity contribution is 6.48. The summed E-state index contributed by atoms with van der Waals surface area (Å²) in [6.45, 7) is 54.0. The van der Waals surface area contributed by atoms with Crippen LogP contribution in [-0.4, -0.2) is 191 Å². The summed E-state index contributed by atoms with van der Waals surface area (Å²) in [5, 5.41) is 59.8. The van der Waals surface area contributed by atoms with E-state index in [1.807, 2.05) is 236 Å². The van der Waals surface area contributed by atoms with Crippen LogP contribution in [0.4, 0.5) is 4.79 Å². The average molecular weight is 1850 g/mol. The van der Waals surface area contributed by atoms with Crippen molar-refractivity contribution in [2.75, 3.05) is 13.1 Å². The molecule has 0 radical (unpaired) electrons. The van der Waals surface area contributed by atoms with Crippen LogP contribution in [0.3, 0.4) is 0 Å². The van der Waals surface area contributed by atoms with E-state index in [0.29, 0.717) is 70.2 Å². The van der Waals surface area contributed by atoms with Gasteiger partial charge in [-0.25, -0.2) is 4.79 Å². The van der Waals surface area contributed by atoms with Crippen LogP contribution in [-0.2, 0) is 86.8 Å². The Morgan fingerprint density at radius 1 is 0.432 bits per heavy atom. The number of nitrogens with one attached hydrogen (secondary N) is 2. The number of carbonyl (C=O) groups is 13. The second-order valence-electron chi connectivity index (χ2n) is 42.6. The molecule has 1 aliphatic carbocycles. The molecule has 2 saturated heterocycles. The predicted octanol–water partition coefficient (Wildman–Crippen LogP) is 15.5. The number of Topliss-reactive ketones (excluding diaryl/α,β-unsaturated/α-hetero) is 8. The Morgan fingerprint density at radius 3 is 1.16 bits per heavy atom. The maximum Gasteiger partial charge on any atom is 0.408 e. The molecule has 0 spiro atoms. The van der Waals surface area contributed by atoms with E-state index in [1.54, 1.807) is 65.0 Å². The zero-order chi connectivity index (χ0) is 102. The van der Waals surface area contributed by atoms with Gasteiger partial charge in [-0.1, -0.05) is 286 Å². The van der Waals surface area contributed by atoms with Crippen molar-refractivity contribution >= 4 is 81.8 Å². The van der Waals surface area contributed by atoms with Crippen LogP contribution in [0.15, 0.2) is 121 Å². The summed E-state index contributed by atoms with van der Waals surface area (Å²) >= 11 is 0. The maximum absolute atomic E-state index is 13.3.